The van der Waals surface area contributed by atoms with E-state index in [-0.39, 0.29) is 18.1 Å². The van der Waals surface area contributed by atoms with Crippen LogP contribution in [0.5, 0.6) is 0 Å². The van der Waals surface area contributed by atoms with E-state index in [1.807, 2.05) is 30.3 Å². The van der Waals surface area contributed by atoms with Gasteiger partial charge in [-0.25, -0.2) is 4.79 Å². The van der Waals surface area contributed by atoms with Crippen molar-refractivity contribution in [3.05, 3.63) is 77.0 Å². The monoisotopic (exact) mass is 375 g/mol. The third-order valence-electron chi connectivity index (χ3n) is 4.15. The Morgan fingerprint density at radius 1 is 1.11 bits per heavy atom. The normalized spacial score (nSPS) is 10.8. The van der Waals surface area contributed by atoms with Crippen molar-refractivity contribution in [2.45, 2.75) is 13.5 Å². The van der Waals surface area contributed by atoms with E-state index in [1.54, 1.807) is 37.4 Å². The van der Waals surface area contributed by atoms with Gasteiger partial charge in [-0.15, -0.1) is 10.2 Å². The average Bonchev–Trinajstić information content (AvgIpc) is 3.29. The minimum atomic E-state index is -0.328. The van der Waals surface area contributed by atoms with E-state index in [4.69, 9.17) is 0 Å². The van der Waals surface area contributed by atoms with E-state index in [2.05, 4.69) is 25.7 Å². The van der Waals surface area contributed by atoms with Crippen LogP contribution >= 0.6 is 0 Å². The molecule has 28 heavy (non-hydrogen) atoms. The number of carbonyl (C=O) groups is 1. The highest BCUT2D eigenvalue weighted by Crippen LogP contribution is 2.20. The smallest absolute Gasteiger partial charge is 0.323 e. The van der Waals surface area contributed by atoms with Gasteiger partial charge in [0.1, 0.15) is 6.54 Å². The number of hydrogen-bond donors (Lipinski definition) is 2. The van der Waals surface area contributed by atoms with Crippen LogP contribution in [0.4, 0.5) is 5.69 Å². The first kappa shape index (κ1) is 17.4. The first-order valence-electron chi connectivity index (χ1n) is 8.61. The van der Waals surface area contributed by atoms with E-state index in [9.17, 15) is 9.59 Å². The predicted octanol–water partition coefficient (Wildman–Crippen LogP) is 1.77. The van der Waals surface area contributed by atoms with Gasteiger partial charge >= 0.3 is 5.69 Å². The second-order valence-electron chi connectivity index (χ2n) is 6.15. The Labute approximate surface area is 159 Å². The van der Waals surface area contributed by atoms with Gasteiger partial charge in [0.2, 0.25) is 11.7 Å². The number of aromatic nitrogens is 6. The molecule has 0 atom stereocenters. The third kappa shape index (κ3) is 3.45. The molecule has 0 aliphatic carbocycles. The molecular weight excluding hydrogens is 358 g/mol. The van der Waals surface area contributed by atoms with Gasteiger partial charge in [-0.1, -0.05) is 42.5 Å². The molecule has 0 saturated carbocycles. The van der Waals surface area contributed by atoms with Crippen molar-refractivity contribution >= 4 is 11.6 Å². The minimum Gasteiger partial charge on any atom is -0.323 e. The summed E-state index contributed by atoms with van der Waals surface area (Å²) in [4.78, 5) is 28.4. The maximum absolute atomic E-state index is 12.5. The highest BCUT2D eigenvalue weighted by molar-refractivity contribution is 5.92. The maximum Gasteiger partial charge on any atom is 0.330 e. The van der Waals surface area contributed by atoms with Gasteiger partial charge in [0.25, 0.3) is 0 Å². The fourth-order valence-electron chi connectivity index (χ4n) is 2.86. The zero-order valence-corrected chi connectivity index (χ0v) is 15.0. The summed E-state index contributed by atoms with van der Waals surface area (Å²) in [6, 6.07) is 16.5. The van der Waals surface area contributed by atoms with E-state index in [0.717, 1.165) is 11.3 Å². The van der Waals surface area contributed by atoms with Crippen molar-refractivity contribution in [1.82, 2.24) is 29.8 Å². The maximum atomic E-state index is 12.5. The fourth-order valence-corrected chi connectivity index (χ4v) is 2.86. The molecule has 0 saturated heterocycles. The van der Waals surface area contributed by atoms with Crippen molar-refractivity contribution in [2.24, 2.45) is 0 Å². The lowest BCUT2D eigenvalue weighted by molar-refractivity contribution is -0.117. The molecular formula is C19H17N7O2. The Kier molecular flexibility index (Phi) is 4.55. The lowest BCUT2D eigenvalue weighted by atomic mass is 10.2. The van der Waals surface area contributed by atoms with Gasteiger partial charge in [-0.3, -0.25) is 9.36 Å². The predicted molar refractivity (Wildman–Crippen MR) is 103 cm³/mol. The quantitative estimate of drug-likeness (QED) is 0.552. The molecule has 2 aromatic carbocycles. The topological polar surface area (TPSA) is 110 Å². The minimum absolute atomic E-state index is 0.102. The lowest BCUT2D eigenvalue weighted by Crippen LogP contribution is -2.23. The summed E-state index contributed by atoms with van der Waals surface area (Å²) >= 11 is 0. The van der Waals surface area contributed by atoms with Crippen LogP contribution < -0.4 is 11.0 Å². The van der Waals surface area contributed by atoms with E-state index < -0.39 is 0 Å². The molecule has 0 bridgehead atoms. The number of nitrogens with one attached hydrogen (secondary N) is 2. The van der Waals surface area contributed by atoms with Crippen molar-refractivity contribution in [3.63, 3.8) is 0 Å². The standard InChI is InChI=1S/C19H17N7O2/c1-13-11-20-19(28)26(13)16-10-6-5-9-15(16)21-17(27)12-25-23-18(22-24-25)14-7-3-2-4-8-14/h2-11H,12H2,1H3,(H,20,28)(H,21,27). The molecule has 4 aromatic rings. The number of aromatic amines is 1. The highest BCUT2D eigenvalue weighted by atomic mass is 16.2. The molecule has 9 nitrogen and oxygen atoms in total. The Bertz CT molecular complexity index is 1170. The van der Waals surface area contributed by atoms with Crippen LogP contribution in [-0.2, 0) is 11.3 Å². The van der Waals surface area contributed by atoms with Crippen molar-refractivity contribution in [2.75, 3.05) is 5.32 Å². The molecule has 0 unspecified atom stereocenters. The second kappa shape index (κ2) is 7.31. The molecule has 140 valence electrons. The summed E-state index contributed by atoms with van der Waals surface area (Å²) in [6.45, 7) is 1.70. The molecule has 0 radical (unpaired) electrons. The number of imidazole rings is 1. The van der Waals surface area contributed by atoms with Crippen LogP contribution in [0.2, 0.25) is 0 Å². The van der Waals surface area contributed by atoms with Crippen LogP contribution in [-0.4, -0.2) is 35.7 Å². The van der Waals surface area contributed by atoms with Gasteiger partial charge in [0.15, 0.2) is 0 Å². The molecule has 0 aliphatic rings. The van der Waals surface area contributed by atoms with Gasteiger partial charge in [0.05, 0.1) is 11.4 Å². The van der Waals surface area contributed by atoms with Crippen LogP contribution in [0, 0.1) is 6.92 Å². The molecule has 9 heteroatoms. The number of para-hydroxylation sites is 2. The highest BCUT2D eigenvalue weighted by Gasteiger charge is 2.13. The number of H-pyrrole nitrogens is 1. The number of rotatable bonds is 5. The summed E-state index contributed by atoms with van der Waals surface area (Å²) in [5, 5.41) is 15.0. The first-order chi connectivity index (χ1) is 13.6. The van der Waals surface area contributed by atoms with Crippen LogP contribution in [0.15, 0.2) is 65.6 Å². The summed E-state index contributed by atoms with van der Waals surface area (Å²) in [5.74, 6) is 0.119. The number of carbonyl (C=O) groups excluding carboxylic acids is 1. The Balaban J connectivity index is 1.53. The summed E-state index contributed by atoms with van der Waals surface area (Å²) < 4.78 is 1.50. The van der Waals surface area contributed by atoms with Gasteiger partial charge in [0, 0.05) is 17.5 Å². The van der Waals surface area contributed by atoms with Crippen molar-refractivity contribution < 1.29 is 4.79 Å². The number of tetrazole rings is 1. The fraction of sp³-hybridized carbons (Fsp3) is 0.105. The largest absolute Gasteiger partial charge is 0.330 e. The summed E-state index contributed by atoms with van der Waals surface area (Å²) in [7, 11) is 0. The molecule has 0 aliphatic heterocycles. The van der Waals surface area contributed by atoms with Crippen LogP contribution in [0.3, 0.4) is 0 Å². The van der Waals surface area contributed by atoms with E-state index in [0.29, 0.717) is 17.2 Å². The molecule has 0 fully saturated rings. The molecule has 0 spiro atoms. The number of hydrogen-bond acceptors (Lipinski definition) is 5. The van der Waals surface area contributed by atoms with Gasteiger partial charge in [-0.05, 0) is 24.3 Å². The molecule has 2 heterocycles. The van der Waals surface area contributed by atoms with Gasteiger partial charge < -0.3 is 10.3 Å². The van der Waals surface area contributed by atoms with Crippen LogP contribution in [0.25, 0.3) is 17.1 Å². The Morgan fingerprint density at radius 2 is 1.86 bits per heavy atom. The molecule has 2 N–H and O–H groups in total. The average molecular weight is 375 g/mol. The Morgan fingerprint density at radius 3 is 2.61 bits per heavy atom. The molecule has 4 rings (SSSR count). The number of benzene rings is 2. The zero-order chi connectivity index (χ0) is 19.5. The SMILES string of the molecule is Cc1c[nH]c(=O)n1-c1ccccc1NC(=O)Cn1nnc(-c2ccccc2)n1. The lowest BCUT2D eigenvalue weighted by Gasteiger charge is -2.12. The number of anilines is 1. The van der Waals surface area contributed by atoms with Crippen molar-refractivity contribution in [3.8, 4) is 17.1 Å². The van der Waals surface area contributed by atoms with Crippen LogP contribution in [0.1, 0.15) is 5.69 Å². The zero-order valence-electron chi connectivity index (χ0n) is 15.0. The van der Waals surface area contributed by atoms with Crippen molar-refractivity contribution in [1.29, 1.82) is 0 Å². The summed E-state index contributed by atoms with van der Waals surface area (Å²) in [6.07, 6.45) is 1.62. The number of nitrogens with zero attached hydrogens (tertiary/aromatic N) is 5. The van der Waals surface area contributed by atoms with E-state index >= 15 is 0 Å². The Hall–Kier alpha value is -4.01. The first-order valence-corrected chi connectivity index (χ1v) is 8.61. The van der Waals surface area contributed by atoms with E-state index in [1.165, 1.54) is 9.36 Å². The number of amides is 1. The number of aryl methyl sites for hydroxylation is 1. The molecule has 2 aromatic heterocycles. The third-order valence-corrected chi connectivity index (χ3v) is 4.15. The second-order valence-corrected chi connectivity index (χ2v) is 6.15. The molecule has 1 amide bonds. The van der Waals surface area contributed by atoms with Gasteiger partial charge in [-0.2, -0.15) is 4.80 Å². The summed E-state index contributed by atoms with van der Waals surface area (Å²) in [5.41, 5.74) is 2.38.